The number of aryl methyl sites for hydroxylation is 2. The summed E-state index contributed by atoms with van der Waals surface area (Å²) in [5, 5.41) is 16.1. The lowest BCUT2D eigenvalue weighted by molar-refractivity contribution is -0.139. The third-order valence-electron chi connectivity index (χ3n) is 2.97. The molecule has 1 aromatic carbocycles. The Hall–Kier alpha value is -2.34. The molecule has 1 aromatic heterocycles. The van der Waals surface area contributed by atoms with Crippen molar-refractivity contribution in [1.82, 2.24) is 15.1 Å². The van der Waals surface area contributed by atoms with Gasteiger partial charge in [0.1, 0.15) is 5.69 Å². The molecular formula is C14H14ClN3O3. The maximum absolute atomic E-state index is 12.2. The number of hydrogen-bond acceptors (Lipinski definition) is 3. The second-order valence-corrected chi connectivity index (χ2v) is 4.97. The molecule has 0 radical (unpaired) electrons. The first-order chi connectivity index (χ1) is 9.90. The third kappa shape index (κ3) is 3.22. The summed E-state index contributed by atoms with van der Waals surface area (Å²) in [7, 11) is 1.62. The number of hydrogen-bond donors (Lipinski definition) is 2. The van der Waals surface area contributed by atoms with Crippen LogP contribution in [-0.4, -0.2) is 26.8 Å². The Morgan fingerprint density at radius 1 is 1.38 bits per heavy atom. The molecule has 1 heterocycles. The fourth-order valence-electron chi connectivity index (χ4n) is 2.01. The predicted molar refractivity (Wildman–Crippen MR) is 77.2 cm³/mol. The number of nitrogens with one attached hydrogen (secondary N) is 1. The SMILES string of the molecule is Cc1cc(C(=O)N[C@@H](C(=O)O)c2ccccc2Cl)n(C)n1. The van der Waals surface area contributed by atoms with E-state index in [9.17, 15) is 14.7 Å². The molecule has 0 fully saturated rings. The number of aliphatic carboxylic acids is 1. The molecule has 6 nitrogen and oxygen atoms in total. The highest BCUT2D eigenvalue weighted by Crippen LogP contribution is 2.23. The van der Waals surface area contributed by atoms with Gasteiger partial charge in [-0.3, -0.25) is 9.48 Å². The van der Waals surface area contributed by atoms with Crippen LogP contribution in [0.2, 0.25) is 5.02 Å². The highest BCUT2D eigenvalue weighted by atomic mass is 35.5. The van der Waals surface area contributed by atoms with Crippen molar-refractivity contribution in [1.29, 1.82) is 0 Å². The van der Waals surface area contributed by atoms with Crippen LogP contribution in [0.4, 0.5) is 0 Å². The molecule has 0 aliphatic heterocycles. The first kappa shape index (κ1) is 15.1. The number of carbonyl (C=O) groups is 2. The van der Waals surface area contributed by atoms with Gasteiger partial charge in [0.15, 0.2) is 6.04 Å². The molecule has 1 amide bonds. The monoisotopic (exact) mass is 307 g/mol. The van der Waals surface area contributed by atoms with Gasteiger partial charge in [-0.25, -0.2) is 4.79 Å². The lowest BCUT2D eigenvalue weighted by Crippen LogP contribution is -2.34. The average molecular weight is 308 g/mol. The van der Waals surface area contributed by atoms with E-state index in [-0.39, 0.29) is 10.7 Å². The minimum Gasteiger partial charge on any atom is -0.479 e. The number of carboxylic acids is 1. The van der Waals surface area contributed by atoms with Gasteiger partial charge in [-0.05, 0) is 19.1 Å². The van der Waals surface area contributed by atoms with E-state index in [2.05, 4.69) is 10.4 Å². The van der Waals surface area contributed by atoms with Gasteiger partial charge in [0.2, 0.25) is 0 Å². The molecule has 0 unspecified atom stereocenters. The zero-order chi connectivity index (χ0) is 15.6. The van der Waals surface area contributed by atoms with E-state index < -0.39 is 17.9 Å². The molecule has 0 saturated carbocycles. The molecule has 0 saturated heterocycles. The van der Waals surface area contributed by atoms with Crippen LogP contribution in [0.15, 0.2) is 30.3 Å². The maximum atomic E-state index is 12.2. The van der Waals surface area contributed by atoms with Gasteiger partial charge in [0.25, 0.3) is 5.91 Å². The quantitative estimate of drug-likeness (QED) is 0.904. The van der Waals surface area contributed by atoms with Crippen LogP contribution < -0.4 is 5.32 Å². The summed E-state index contributed by atoms with van der Waals surface area (Å²) in [4.78, 5) is 23.6. The molecule has 2 N–H and O–H groups in total. The number of benzene rings is 1. The van der Waals surface area contributed by atoms with Crippen LogP contribution in [0.25, 0.3) is 0 Å². The van der Waals surface area contributed by atoms with Crippen LogP contribution in [0.5, 0.6) is 0 Å². The Labute approximate surface area is 126 Å². The molecule has 0 spiro atoms. The van der Waals surface area contributed by atoms with E-state index in [1.54, 1.807) is 44.3 Å². The van der Waals surface area contributed by atoms with E-state index in [4.69, 9.17) is 11.6 Å². The first-order valence-electron chi connectivity index (χ1n) is 6.19. The predicted octanol–water partition coefficient (Wildman–Crippen LogP) is 1.94. The summed E-state index contributed by atoms with van der Waals surface area (Å²) in [5.41, 5.74) is 1.29. The van der Waals surface area contributed by atoms with Gasteiger partial charge < -0.3 is 10.4 Å². The number of carbonyl (C=O) groups excluding carboxylic acids is 1. The first-order valence-corrected chi connectivity index (χ1v) is 6.56. The van der Waals surface area contributed by atoms with Crippen molar-refractivity contribution >= 4 is 23.5 Å². The molecule has 2 rings (SSSR count). The van der Waals surface area contributed by atoms with Crippen molar-refractivity contribution in [3.8, 4) is 0 Å². The fourth-order valence-corrected chi connectivity index (χ4v) is 2.25. The third-order valence-corrected chi connectivity index (χ3v) is 3.32. The minimum atomic E-state index is -1.22. The van der Waals surface area contributed by atoms with Gasteiger partial charge in [-0.2, -0.15) is 5.10 Å². The van der Waals surface area contributed by atoms with Gasteiger partial charge in [0, 0.05) is 17.6 Å². The number of carboxylic acid groups (broad SMARTS) is 1. The van der Waals surface area contributed by atoms with E-state index in [1.165, 1.54) is 4.68 Å². The number of rotatable bonds is 4. The standard InChI is InChI=1S/C14H14ClN3O3/c1-8-7-11(18(2)17-8)13(19)16-12(14(20)21)9-5-3-4-6-10(9)15/h3-7,12H,1-2H3,(H,16,19)(H,20,21)/t12-/m1/s1. The Bertz CT molecular complexity index is 697. The molecule has 0 bridgehead atoms. The van der Waals surface area contributed by atoms with Gasteiger partial charge >= 0.3 is 5.97 Å². The summed E-state index contributed by atoms with van der Waals surface area (Å²) in [5.74, 6) is -1.71. The van der Waals surface area contributed by atoms with Crippen LogP contribution in [0.1, 0.15) is 27.8 Å². The van der Waals surface area contributed by atoms with E-state index in [0.717, 1.165) is 0 Å². The van der Waals surface area contributed by atoms with Crippen molar-refractivity contribution in [2.75, 3.05) is 0 Å². The van der Waals surface area contributed by atoms with Crippen molar-refractivity contribution in [3.05, 3.63) is 52.3 Å². The van der Waals surface area contributed by atoms with Gasteiger partial charge in [-0.1, -0.05) is 29.8 Å². The normalized spacial score (nSPS) is 12.0. The number of nitrogens with zero attached hydrogens (tertiary/aromatic N) is 2. The van der Waals surface area contributed by atoms with Crippen LogP contribution in [0.3, 0.4) is 0 Å². The topological polar surface area (TPSA) is 84.2 Å². The van der Waals surface area contributed by atoms with Gasteiger partial charge in [0.05, 0.1) is 5.69 Å². The van der Waals surface area contributed by atoms with Crippen molar-refractivity contribution < 1.29 is 14.7 Å². The van der Waals surface area contributed by atoms with E-state index >= 15 is 0 Å². The van der Waals surface area contributed by atoms with Crippen LogP contribution >= 0.6 is 11.6 Å². The molecule has 2 aromatic rings. The molecule has 7 heteroatoms. The lowest BCUT2D eigenvalue weighted by atomic mass is 10.1. The molecule has 1 atom stereocenters. The smallest absolute Gasteiger partial charge is 0.330 e. The molecule has 0 aliphatic rings. The average Bonchev–Trinajstić information content (AvgIpc) is 2.75. The minimum absolute atomic E-state index is 0.283. The summed E-state index contributed by atoms with van der Waals surface area (Å²) in [6.45, 7) is 1.75. The second kappa shape index (κ2) is 5.97. The number of halogens is 1. The summed E-state index contributed by atoms with van der Waals surface area (Å²) in [6, 6.07) is 6.86. The zero-order valence-corrected chi connectivity index (χ0v) is 12.3. The number of amides is 1. The fraction of sp³-hybridized carbons (Fsp3) is 0.214. The summed E-state index contributed by atoms with van der Waals surface area (Å²) < 4.78 is 1.40. The van der Waals surface area contributed by atoms with Crippen LogP contribution in [0, 0.1) is 6.92 Å². The lowest BCUT2D eigenvalue weighted by Gasteiger charge is -2.16. The molecule has 0 aliphatic carbocycles. The largest absolute Gasteiger partial charge is 0.479 e. The van der Waals surface area contributed by atoms with E-state index in [1.807, 2.05) is 0 Å². The number of aromatic nitrogens is 2. The van der Waals surface area contributed by atoms with E-state index in [0.29, 0.717) is 11.3 Å². The highest BCUT2D eigenvalue weighted by molar-refractivity contribution is 6.31. The van der Waals surface area contributed by atoms with Crippen LogP contribution in [-0.2, 0) is 11.8 Å². The Morgan fingerprint density at radius 3 is 2.57 bits per heavy atom. The molecule has 110 valence electrons. The molecular weight excluding hydrogens is 294 g/mol. The Kier molecular flexibility index (Phi) is 4.28. The second-order valence-electron chi connectivity index (χ2n) is 4.56. The summed E-state index contributed by atoms with van der Waals surface area (Å²) >= 11 is 6.00. The van der Waals surface area contributed by atoms with Crippen molar-refractivity contribution in [2.45, 2.75) is 13.0 Å². The van der Waals surface area contributed by atoms with Gasteiger partial charge in [-0.15, -0.1) is 0 Å². The van der Waals surface area contributed by atoms with Crippen molar-refractivity contribution in [3.63, 3.8) is 0 Å². The Balaban J connectivity index is 2.29. The highest BCUT2D eigenvalue weighted by Gasteiger charge is 2.25. The zero-order valence-electron chi connectivity index (χ0n) is 11.5. The Morgan fingerprint density at radius 2 is 2.05 bits per heavy atom. The maximum Gasteiger partial charge on any atom is 0.330 e. The molecule has 21 heavy (non-hydrogen) atoms. The van der Waals surface area contributed by atoms with Crippen molar-refractivity contribution in [2.24, 2.45) is 7.05 Å². The summed E-state index contributed by atoms with van der Waals surface area (Å²) in [6.07, 6.45) is 0.